The third-order valence-electron chi connectivity index (χ3n) is 6.02. The first-order valence-electron chi connectivity index (χ1n) is 10.6. The molecule has 8 nitrogen and oxygen atoms in total. The van der Waals surface area contributed by atoms with Crippen molar-refractivity contribution in [1.82, 2.24) is 24.9 Å². The molecule has 31 heavy (non-hydrogen) atoms. The van der Waals surface area contributed by atoms with Crippen LogP contribution in [0.5, 0.6) is 5.75 Å². The number of benzene rings is 1. The van der Waals surface area contributed by atoms with E-state index in [1.807, 2.05) is 36.1 Å². The Morgan fingerprint density at radius 2 is 2.06 bits per heavy atom. The monoisotopic (exact) mass is 418 g/mol. The van der Waals surface area contributed by atoms with Crippen molar-refractivity contribution in [2.45, 2.75) is 33.1 Å². The first kappa shape index (κ1) is 20.8. The number of carbonyl (C=O) groups is 1. The minimum atomic E-state index is 0.167. The molecule has 0 N–H and O–H groups in total. The number of fused-ring (bicyclic) bond motifs is 1. The molecular formula is C23H26N6O2. The smallest absolute Gasteiger partial charge is 0.219 e. The second-order valence-corrected chi connectivity index (χ2v) is 8.12. The van der Waals surface area contributed by atoms with Crippen molar-refractivity contribution in [2.75, 3.05) is 19.7 Å². The van der Waals surface area contributed by atoms with E-state index in [-0.39, 0.29) is 11.6 Å². The van der Waals surface area contributed by atoms with Crippen molar-refractivity contribution in [3.63, 3.8) is 0 Å². The standard InChI is InChI=1S/C23H26N6O2/c1-15-12-18(19-13-21-23(20(14-24)25-19)26-27-28(21)3)4-5-22(15)31-11-8-17-6-9-29(10-7-17)16(2)30/h4-5,12-13,17H,6-11H2,1-3H3. The molecule has 8 heteroatoms. The number of aryl methyl sites for hydroxylation is 2. The van der Waals surface area contributed by atoms with Gasteiger partial charge >= 0.3 is 0 Å². The van der Waals surface area contributed by atoms with Crippen LogP contribution in [-0.2, 0) is 11.8 Å². The maximum atomic E-state index is 11.4. The SMILES string of the molecule is CC(=O)N1CCC(CCOc2ccc(-c3cc4c(nnn4C)c(C#N)n3)cc2C)CC1. The molecule has 3 heterocycles. The third kappa shape index (κ3) is 4.36. The fourth-order valence-corrected chi connectivity index (χ4v) is 4.10. The lowest BCUT2D eigenvalue weighted by Crippen LogP contribution is -2.37. The van der Waals surface area contributed by atoms with Crippen LogP contribution in [0.2, 0.25) is 0 Å². The molecule has 1 aliphatic rings. The fraction of sp³-hybridized carbons (Fsp3) is 0.435. The Morgan fingerprint density at radius 1 is 1.29 bits per heavy atom. The number of rotatable bonds is 5. The van der Waals surface area contributed by atoms with Gasteiger partial charge in [0.2, 0.25) is 5.91 Å². The highest BCUT2D eigenvalue weighted by atomic mass is 16.5. The summed E-state index contributed by atoms with van der Waals surface area (Å²) in [5, 5.41) is 17.5. The second kappa shape index (κ2) is 8.72. The molecular weight excluding hydrogens is 392 g/mol. The zero-order valence-electron chi connectivity index (χ0n) is 18.1. The number of hydrogen-bond donors (Lipinski definition) is 0. The molecule has 1 aliphatic heterocycles. The van der Waals surface area contributed by atoms with Crippen molar-refractivity contribution in [2.24, 2.45) is 13.0 Å². The van der Waals surface area contributed by atoms with Crippen LogP contribution in [0.3, 0.4) is 0 Å². The minimum absolute atomic E-state index is 0.167. The van der Waals surface area contributed by atoms with Crippen molar-refractivity contribution in [3.8, 4) is 23.1 Å². The number of hydrogen-bond acceptors (Lipinski definition) is 6. The summed E-state index contributed by atoms with van der Waals surface area (Å²) in [6, 6.07) is 9.97. The van der Waals surface area contributed by atoms with Crippen LogP contribution in [0.25, 0.3) is 22.3 Å². The number of nitrogens with zero attached hydrogens (tertiary/aromatic N) is 6. The summed E-state index contributed by atoms with van der Waals surface area (Å²) in [5.74, 6) is 1.62. The highest BCUT2D eigenvalue weighted by Gasteiger charge is 2.20. The lowest BCUT2D eigenvalue weighted by molar-refractivity contribution is -0.130. The van der Waals surface area contributed by atoms with E-state index in [2.05, 4.69) is 21.4 Å². The number of likely N-dealkylation sites (tertiary alicyclic amines) is 1. The van der Waals surface area contributed by atoms with E-state index in [9.17, 15) is 10.1 Å². The van der Waals surface area contributed by atoms with E-state index in [0.29, 0.717) is 23.7 Å². The zero-order valence-corrected chi connectivity index (χ0v) is 18.1. The van der Waals surface area contributed by atoms with Crippen LogP contribution in [0.4, 0.5) is 0 Å². The predicted octanol–water partition coefficient (Wildman–Crippen LogP) is 3.24. The maximum absolute atomic E-state index is 11.4. The van der Waals surface area contributed by atoms with Gasteiger partial charge in [-0.1, -0.05) is 5.21 Å². The molecule has 0 saturated carbocycles. The zero-order chi connectivity index (χ0) is 22.0. The van der Waals surface area contributed by atoms with Gasteiger partial charge in [-0.15, -0.1) is 5.10 Å². The summed E-state index contributed by atoms with van der Waals surface area (Å²) < 4.78 is 7.69. The highest BCUT2D eigenvalue weighted by molar-refractivity contribution is 5.83. The molecule has 1 amide bonds. The van der Waals surface area contributed by atoms with Crippen molar-refractivity contribution >= 4 is 16.9 Å². The fourth-order valence-electron chi connectivity index (χ4n) is 4.10. The van der Waals surface area contributed by atoms with E-state index in [4.69, 9.17) is 4.74 Å². The van der Waals surface area contributed by atoms with E-state index in [1.165, 1.54) is 0 Å². The third-order valence-corrected chi connectivity index (χ3v) is 6.02. The molecule has 1 aromatic carbocycles. The first-order valence-corrected chi connectivity index (χ1v) is 10.6. The van der Waals surface area contributed by atoms with Gasteiger partial charge in [0.1, 0.15) is 17.3 Å². The molecule has 0 unspecified atom stereocenters. The number of pyridine rings is 1. The normalized spacial score (nSPS) is 14.6. The Morgan fingerprint density at radius 3 is 2.74 bits per heavy atom. The average Bonchev–Trinajstić information content (AvgIpc) is 3.15. The van der Waals surface area contributed by atoms with Gasteiger partial charge in [0.25, 0.3) is 0 Å². The van der Waals surface area contributed by atoms with Crippen LogP contribution in [0.15, 0.2) is 24.3 Å². The summed E-state index contributed by atoms with van der Waals surface area (Å²) in [7, 11) is 1.80. The van der Waals surface area contributed by atoms with Gasteiger partial charge < -0.3 is 9.64 Å². The van der Waals surface area contributed by atoms with Crippen molar-refractivity contribution in [1.29, 1.82) is 5.26 Å². The van der Waals surface area contributed by atoms with Gasteiger partial charge in [-0.2, -0.15) is 5.26 Å². The number of amides is 1. The van der Waals surface area contributed by atoms with Crippen LogP contribution in [-0.4, -0.2) is 50.5 Å². The van der Waals surface area contributed by atoms with Crippen LogP contribution in [0.1, 0.15) is 37.4 Å². The summed E-state index contributed by atoms with van der Waals surface area (Å²) in [6.45, 7) is 6.01. The topological polar surface area (TPSA) is 96.9 Å². The Balaban J connectivity index is 1.42. The van der Waals surface area contributed by atoms with Crippen LogP contribution in [0, 0.1) is 24.2 Å². The molecule has 0 bridgehead atoms. The van der Waals surface area contributed by atoms with Gasteiger partial charge in [-0.25, -0.2) is 9.67 Å². The van der Waals surface area contributed by atoms with Gasteiger partial charge in [0.05, 0.1) is 17.8 Å². The minimum Gasteiger partial charge on any atom is -0.493 e. The number of piperidine rings is 1. The summed E-state index contributed by atoms with van der Waals surface area (Å²) in [5.41, 5.74) is 4.21. The number of aromatic nitrogens is 4. The van der Waals surface area contributed by atoms with E-state index < -0.39 is 0 Å². The number of carbonyl (C=O) groups excluding carboxylic acids is 1. The summed E-state index contributed by atoms with van der Waals surface area (Å²) in [6.07, 6.45) is 3.07. The molecule has 1 fully saturated rings. The van der Waals surface area contributed by atoms with Gasteiger partial charge in [-0.05, 0) is 61.9 Å². The molecule has 160 valence electrons. The number of ether oxygens (including phenoxy) is 1. The summed E-state index contributed by atoms with van der Waals surface area (Å²) >= 11 is 0. The van der Waals surface area contributed by atoms with Gasteiger partial charge in [0, 0.05) is 32.6 Å². The first-order chi connectivity index (χ1) is 15.0. The summed E-state index contributed by atoms with van der Waals surface area (Å²) in [4.78, 5) is 17.8. The largest absolute Gasteiger partial charge is 0.493 e. The Hall–Kier alpha value is -3.47. The molecule has 0 aliphatic carbocycles. The van der Waals surface area contributed by atoms with E-state index in [0.717, 1.165) is 54.7 Å². The van der Waals surface area contributed by atoms with Gasteiger partial charge in [-0.3, -0.25) is 4.79 Å². The molecule has 4 rings (SSSR count). The Kier molecular flexibility index (Phi) is 5.85. The van der Waals surface area contributed by atoms with Crippen LogP contribution < -0.4 is 4.74 Å². The lowest BCUT2D eigenvalue weighted by atomic mass is 9.94. The molecule has 0 spiro atoms. The van der Waals surface area contributed by atoms with E-state index >= 15 is 0 Å². The molecule has 1 saturated heterocycles. The van der Waals surface area contributed by atoms with E-state index in [1.54, 1.807) is 18.7 Å². The molecule has 0 atom stereocenters. The highest BCUT2D eigenvalue weighted by Crippen LogP contribution is 2.28. The van der Waals surface area contributed by atoms with Gasteiger partial charge in [0.15, 0.2) is 5.69 Å². The molecule has 2 aromatic heterocycles. The maximum Gasteiger partial charge on any atom is 0.219 e. The molecule has 0 radical (unpaired) electrons. The Bertz CT molecular complexity index is 1150. The number of nitriles is 1. The average molecular weight is 419 g/mol. The lowest BCUT2D eigenvalue weighted by Gasteiger charge is -2.31. The van der Waals surface area contributed by atoms with Crippen LogP contribution >= 0.6 is 0 Å². The predicted molar refractivity (Wildman–Crippen MR) is 116 cm³/mol. The van der Waals surface area contributed by atoms with Crippen molar-refractivity contribution in [3.05, 3.63) is 35.5 Å². The van der Waals surface area contributed by atoms with Crippen molar-refractivity contribution < 1.29 is 9.53 Å². The Labute approximate surface area is 181 Å². The molecule has 3 aromatic rings. The second-order valence-electron chi connectivity index (χ2n) is 8.12. The quantitative estimate of drug-likeness (QED) is 0.631.